The number of nitrogens with one attached hydrogen (secondary N) is 1. The van der Waals surface area contributed by atoms with Crippen molar-refractivity contribution in [1.82, 2.24) is 30.7 Å². The molecule has 1 atom stereocenters. The van der Waals surface area contributed by atoms with Crippen molar-refractivity contribution in [1.29, 1.82) is 0 Å². The maximum absolute atomic E-state index is 11.9. The first-order chi connectivity index (χ1) is 9.20. The van der Waals surface area contributed by atoms with Crippen LogP contribution >= 0.6 is 0 Å². The Morgan fingerprint density at radius 1 is 1.58 bits per heavy atom. The number of nitrogens with zero attached hydrogens (tertiary/aromatic N) is 5. The van der Waals surface area contributed by atoms with Crippen LogP contribution in [-0.2, 0) is 17.8 Å². The molecule has 0 fully saturated rings. The van der Waals surface area contributed by atoms with Crippen molar-refractivity contribution >= 4 is 5.91 Å². The van der Waals surface area contributed by atoms with Crippen LogP contribution in [0.2, 0.25) is 0 Å². The van der Waals surface area contributed by atoms with Gasteiger partial charge in [-0.25, -0.2) is 4.68 Å². The van der Waals surface area contributed by atoms with Gasteiger partial charge in [-0.3, -0.25) is 4.79 Å². The van der Waals surface area contributed by atoms with E-state index in [1.807, 2.05) is 6.07 Å². The Hall–Kier alpha value is -2.25. The van der Waals surface area contributed by atoms with Crippen LogP contribution in [0.3, 0.4) is 0 Å². The van der Waals surface area contributed by atoms with Gasteiger partial charge in [0.05, 0.1) is 12.2 Å². The number of hydrogen-bond donors (Lipinski definition) is 1. The Balaban J connectivity index is 1.85. The molecule has 2 aromatic rings. The van der Waals surface area contributed by atoms with Gasteiger partial charge in [-0.2, -0.15) is 0 Å². The van der Waals surface area contributed by atoms with Gasteiger partial charge < -0.3 is 9.84 Å². The third-order valence-electron chi connectivity index (χ3n) is 2.69. The molecule has 2 heterocycles. The van der Waals surface area contributed by atoms with Crippen LogP contribution in [-0.4, -0.2) is 31.3 Å². The van der Waals surface area contributed by atoms with Crippen LogP contribution in [0.25, 0.3) is 0 Å². The second-order valence-corrected chi connectivity index (χ2v) is 4.22. The minimum absolute atomic E-state index is 0.180. The van der Waals surface area contributed by atoms with Crippen molar-refractivity contribution in [2.45, 2.75) is 39.3 Å². The zero-order valence-corrected chi connectivity index (χ0v) is 10.9. The fourth-order valence-corrected chi connectivity index (χ4v) is 1.60. The van der Waals surface area contributed by atoms with Gasteiger partial charge in [0.1, 0.15) is 12.4 Å². The molecule has 0 bridgehead atoms. The molecule has 1 N–H and O–H groups in total. The van der Waals surface area contributed by atoms with Crippen molar-refractivity contribution < 1.29 is 9.32 Å². The lowest BCUT2D eigenvalue weighted by atomic mass is 10.2. The molecule has 8 nitrogen and oxygen atoms in total. The van der Waals surface area contributed by atoms with Crippen LogP contribution in [0.15, 0.2) is 16.9 Å². The highest BCUT2D eigenvalue weighted by Crippen LogP contribution is 2.07. The van der Waals surface area contributed by atoms with E-state index in [1.54, 1.807) is 6.92 Å². The highest BCUT2D eigenvalue weighted by Gasteiger charge is 2.16. The summed E-state index contributed by atoms with van der Waals surface area (Å²) < 4.78 is 6.51. The lowest BCUT2D eigenvalue weighted by Gasteiger charge is -2.09. The summed E-state index contributed by atoms with van der Waals surface area (Å²) in [5.41, 5.74) is 0.903. The van der Waals surface area contributed by atoms with Crippen LogP contribution < -0.4 is 5.32 Å². The molecule has 0 unspecified atom stereocenters. The molecule has 19 heavy (non-hydrogen) atoms. The SMILES string of the molecule is CCCc1cc(CNC(=O)[C@H](C)n2cnnn2)on1. The monoisotopic (exact) mass is 264 g/mol. The number of rotatable bonds is 6. The second kappa shape index (κ2) is 6.07. The normalized spacial score (nSPS) is 12.3. The van der Waals surface area contributed by atoms with E-state index in [2.05, 4.69) is 32.9 Å². The average Bonchev–Trinajstić information content (AvgIpc) is 3.06. The van der Waals surface area contributed by atoms with Crippen LogP contribution in [0.5, 0.6) is 0 Å². The molecule has 0 aliphatic heterocycles. The molecule has 0 aromatic carbocycles. The highest BCUT2D eigenvalue weighted by atomic mass is 16.5. The maximum atomic E-state index is 11.9. The molecule has 8 heteroatoms. The van der Waals surface area contributed by atoms with Gasteiger partial charge in [0.25, 0.3) is 0 Å². The van der Waals surface area contributed by atoms with Gasteiger partial charge in [-0.05, 0) is 23.8 Å². The molecule has 2 aromatic heterocycles. The van der Waals surface area contributed by atoms with E-state index < -0.39 is 6.04 Å². The average molecular weight is 264 g/mol. The predicted molar refractivity (Wildman–Crippen MR) is 64.9 cm³/mol. The highest BCUT2D eigenvalue weighted by molar-refractivity contribution is 5.79. The number of amides is 1. The Bertz CT molecular complexity index is 521. The Kier molecular flexibility index (Phi) is 4.22. The summed E-state index contributed by atoms with van der Waals surface area (Å²) in [4.78, 5) is 11.9. The molecule has 0 saturated heterocycles. The van der Waals surface area contributed by atoms with Crippen LogP contribution in [0, 0.1) is 0 Å². The Morgan fingerprint density at radius 2 is 2.42 bits per heavy atom. The lowest BCUT2D eigenvalue weighted by Crippen LogP contribution is -2.30. The summed E-state index contributed by atoms with van der Waals surface area (Å²) in [6.45, 7) is 4.10. The quantitative estimate of drug-likeness (QED) is 0.815. The zero-order chi connectivity index (χ0) is 13.7. The number of hydrogen-bond acceptors (Lipinski definition) is 6. The van der Waals surface area contributed by atoms with Crippen molar-refractivity contribution in [3.63, 3.8) is 0 Å². The number of tetrazole rings is 1. The van der Waals surface area contributed by atoms with E-state index in [4.69, 9.17) is 4.52 Å². The third kappa shape index (κ3) is 3.36. The van der Waals surface area contributed by atoms with Gasteiger partial charge >= 0.3 is 0 Å². The first-order valence-corrected chi connectivity index (χ1v) is 6.15. The van der Waals surface area contributed by atoms with E-state index in [0.717, 1.165) is 18.5 Å². The maximum Gasteiger partial charge on any atom is 0.245 e. The molecule has 0 radical (unpaired) electrons. The van der Waals surface area contributed by atoms with Crippen molar-refractivity contribution in [2.24, 2.45) is 0 Å². The van der Waals surface area contributed by atoms with Gasteiger partial charge in [0.2, 0.25) is 5.91 Å². The van der Waals surface area contributed by atoms with E-state index >= 15 is 0 Å². The summed E-state index contributed by atoms with van der Waals surface area (Å²) in [6.07, 6.45) is 3.28. The van der Waals surface area contributed by atoms with Gasteiger partial charge in [-0.1, -0.05) is 18.5 Å². The van der Waals surface area contributed by atoms with Gasteiger partial charge in [0, 0.05) is 6.07 Å². The van der Waals surface area contributed by atoms with Crippen LogP contribution in [0.1, 0.15) is 37.8 Å². The summed E-state index contributed by atoms with van der Waals surface area (Å²) in [6, 6.07) is 1.39. The largest absolute Gasteiger partial charge is 0.359 e. The number of carbonyl (C=O) groups excluding carboxylic acids is 1. The van der Waals surface area contributed by atoms with E-state index in [9.17, 15) is 4.79 Å². The third-order valence-corrected chi connectivity index (χ3v) is 2.69. The summed E-state index contributed by atoms with van der Waals surface area (Å²) in [5, 5.41) is 17.3. The molecular formula is C11H16N6O2. The number of carbonyl (C=O) groups is 1. The minimum Gasteiger partial charge on any atom is -0.359 e. The molecular weight excluding hydrogens is 248 g/mol. The molecule has 0 saturated carbocycles. The topological polar surface area (TPSA) is 98.7 Å². The summed E-state index contributed by atoms with van der Waals surface area (Å²) in [5.74, 6) is 0.460. The van der Waals surface area contributed by atoms with Crippen molar-refractivity contribution in [3.05, 3.63) is 23.8 Å². The Morgan fingerprint density at radius 3 is 3.11 bits per heavy atom. The number of aromatic nitrogens is 5. The first-order valence-electron chi connectivity index (χ1n) is 6.15. The molecule has 0 aliphatic carbocycles. The lowest BCUT2D eigenvalue weighted by molar-refractivity contribution is -0.124. The predicted octanol–water partition coefficient (Wildman–Crippen LogP) is 0.491. The second-order valence-electron chi connectivity index (χ2n) is 4.22. The van der Waals surface area contributed by atoms with Crippen LogP contribution in [0.4, 0.5) is 0 Å². The zero-order valence-electron chi connectivity index (χ0n) is 10.9. The fourth-order valence-electron chi connectivity index (χ4n) is 1.60. The smallest absolute Gasteiger partial charge is 0.245 e. The molecule has 2 rings (SSSR count). The molecule has 1 amide bonds. The summed E-state index contributed by atoms with van der Waals surface area (Å²) >= 11 is 0. The first kappa shape index (κ1) is 13.2. The standard InChI is InChI=1S/C11H16N6O2/c1-3-4-9-5-10(19-14-9)6-12-11(18)8(2)17-7-13-15-16-17/h5,7-8H,3-4,6H2,1-2H3,(H,12,18)/t8-/m0/s1. The van der Waals surface area contributed by atoms with Gasteiger partial charge in [0.15, 0.2) is 5.76 Å². The fraction of sp³-hybridized carbons (Fsp3) is 0.545. The molecule has 0 aliphatic rings. The molecule has 0 spiro atoms. The van der Waals surface area contributed by atoms with Crippen molar-refractivity contribution in [2.75, 3.05) is 0 Å². The van der Waals surface area contributed by atoms with E-state index in [0.29, 0.717) is 12.3 Å². The summed E-state index contributed by atoms with van der Waals surface area (Å²) in [7, 11) is 0. The van der Waals surface area contributed by atoms with Gasteiger partial charge in [-0.15, -0.1) is 5.10 Å². The van der Waals surface area contributed by atoms with E-state index in [1.165, 1.54) is 11.0 Å². The molecule has 102 valence electrons. The van der Waals surface area contributed by atoms with E-state index in [-0.39, 0.29) is 5.91 Å². The Labute approximate surface area is 110 Å². The minimum atomic E-state index is -0.465. The number of aryl methyl sites for hydroxylation is 1. The van der Waals surface area contributed by atoms with Crippen molar-refractivity contribution in [3.8, 4) is 0 Å².